The summed E-state index contributed by atoms with van der Waals surface area (Å²) >= 11 is 12.0. The molecule has 0 atom stereocenters. The third kappa shape index (κ3) is 2.82. The number of rotatable bonds is 3. The Morgan fingerprint density at radius 2 is 2.00 bits per heavy atom. The van der Waals surface area contributed by atoms with Crippen LogP contribution in [0.3, 0.4) is 0 Å². The van der Waals surface area contributed by atoms with Crippen LogP contribution in [0.2, 0.25) is 10.0 Å². The zero-order valence-electron chi connectivity index (χ0n) is 12.9. The van der Waals surface area contributed by atoms with E-state index < -0.39 is 0 Å². The van der Waals surface area contributed by atoms with Gasteiger partial charge in [0.2, 0.25) is 0 Å². The van der Waals surface area contributed by atoms with Crippen molar-refractivity contribution in [3.05, 3.63) is 56.2 Å². The van der Waals surface area contributed by atoms with Crippen LogP contribution in [0.4, 0.5) is 0 Å². The number of halogens is 2. The van der Waals surface area contributed by atoms with E-state index in [1.807, 2.05) is 10.7 Å². The van der Waals surface area contributed by atoms with Gasteiger partial charge < -0.3 is 4.98 Å². The molecule has 0 aliphatic heterocycles. The fourth-order valence-corrected chi connectivity index (χ4v) is 3.64. The molecule has 24 heavy (non-hydrogen) atoms. The highest BCUT2D eigenvalue weighted by molar-refractivity contribution is 6.42. The largest absolute Gasteiger partial charge is 0.310 e. The summed E-state index contributed by atoms with van der Waals surface area (Å²) in [4.78, 5) is 19.8. The molecule has 2 aromatic heterocycles. The van der Waals surface area contributed by atoms with E-state index in [2.05, 4.69) is 15.1 Å². The van der Waals surface area contributed by atoms with E-state index in [1.54, 1.807) is 18.3 Å². The van der Waals surface area contributed by atoms with E-state index >= 15 is 0 Å². The van der Waals surface area contributed by atoms with Crippen molar-refractivity contribution in [3.8, 4) is 0 Å². The summed E-state index contributed by atoms with van der Waals surface area (Å²) in [7, 11) is 0. The molecule has 1 fully saturated rings. The van der Waals surface area contributed by atoms with Crippen LogP contribution in [0.25, 0.3) is 11.0 Å². The minimum absolute atomic E-state index is 0.153. The summed E-state index contributed by atoms with van der Waals surface area (Å²) in [6, 6.07) is 5.77. The van der Waals surface area contributed by atoms with Crippen LogP contribution >= 0.6 is 23.2 Å². The van der Waals surface area contributed by atoms with Crippen LogP contribution < -0.4 is 5.56 Å². The lowest BCUT2D eigenvalue weighted by Crippen LogP contribution is -2.14. The Balaban J connectivity index is 1.74. The van der Waals surface area contributed by atoms with Crippen molar-refractivity contribution in [3.63, 3.8) is 0 Å². The van der Waals surface area contributed by atoms with Gasteiger partial charge >= 0.3 is 0 Å². The molecule has 1 aromatic carbocycles. The number of hydrogen-bond acceptors (Lipinski definition) is 3. The molecule has 4 rings (SSSR count). The number of aromatic amines is 1. The van der Waals surface area contributed by atoms with Crippen molar-refractivity contribution >= 4 is 34.2 Å². The zero-order valence-corrected chi connectivity index (χ0v) is 14.4. The van der Waals surface area contributed by atoms with Crippen molar-refractivity contribution < 1.29 is 0 Å². The lowest BCUT2D eigenvalue weighted by atomic mass is 10.1. The van der Waals surface area contributed by atoms with Gasteiger partial charge in [-0.15, -0.1) is 0 Å². The lowest BCUT2D eigenvalue weighted by Gasteiger charge is -2.11. The molecule has 0 unspecified atom stereocenters. The zero-order chi connectivity index (χ0) is 16.7. The fourth-order valence-electron chi connectivity index (χ4n) is 3.32. The number of nitrogens with one attached hydrogen (secondary N) is 1. The molecule has 1 N–H and O–H groups in total. The molecular formula is C17H16Cl2N4O. The van der Waals surface area contributed by atoms with Crippen molar-refractivity contribution in [1.82, 2.24) is 19.7 Å². The Hall–Kier alpha value is -1.85. The molecule has 5 nitrogen and oxygen atoms in total. The molecule has 3 aromatic rings. The smallest absolute Gasteiger partial charge is 0.262 e. The van der Waals surface area contributed by atoms with E-state index in [1.165, 1.54) is 12.8 Å². The van der Waals surface area contributed by atoms with Crippen LogP contribution in [0.5, 0.6) is 0 Å². The topological polar surface area (TPSA) is 63.6 Å². The molecule has 7 heteroatoms. The standard InChI is InChI=1S/C17H16Cl2N4O/c18-13-6-5-10(7-14(13)19)8-15-21-16-12(17(24)22-15)9-20-23(16)11-3-1-2-4-11/h5-7,9,11H,1-4,8H2,(H,21,22,24). The predicted molar refractivity (Wildman–Crippen MR) is 94.9 cm³/mol. The van der Waals surface area contributed by atoms with Gasteiger partial charge in [-0.05, 0) is 30.5 Å². The molecule has 0 amide bonds. The summed E-state index contributed by atoms with van der Waals surface area (Å²) in [6.07, 6.45) is 6.68. The van der Waals surface area contributed by atoms with Crippen molar-refractivity contribution in [2.24, 2.45) is 0 Å². The van der Waals surface area contributed by atoms with Gasteiger partial charge in [0, 0.05) is 6.42 Å². The monoisotopic (exact) mass is 362 g/mol. The van der Waals surface area contributed by atoms with E-state index in [0.717, 1.165) is 18.4 Å². The highest BCUT2D eigenvalue weighted by Gasteiger charge is 2.21. The van der Waals surface area contributed by atoms with Gasteiger partial charge in [-0.2, -0.15) is 5.10 Å². The van der Waals surface area contributed by atoms with Crippen LogP contribution in [-0.4, -0.2) is 19.7 Å². The van der Waals surface area contributed by atoms with Crippen LogP contribution in [0, 0.1) is 0 Å². The molecule has 1 aliphatic rings. The first-order valence-electron chi connectivity index (χ1n) is 8.02. The molecule has 1 saturated carbocycles. The number of fused-ring (bicyclic) bond motifs is 1. The van der Waals surface area contributed by atoms with Gasteiger partial charge in [-0.3, -0.25) is 4.79 Å². The Morgan fingerprint density at radius 3 is 2.75 bits per heavy atom. The quantitative estimate of drug-likeness (QED) is 0.761. The third-order valence-corrected chi connectivity index (χ3v) is 5.28. The molecule has 2 heterocycles. The van der Waals surface area contributed by atoms with E-state index in [0.29, 0.717) is 39.4 Å². The summed E-state index contributed by atoms with van der Waals surface area (Å²) in [5.41, 5.74) is 1.46. The molecule has 0 saturated heterocycles. The van der Waals surface area contributed by atoms with Gasteiger partial charge in [0.15, 0.2) is 5.65 Å². The number of benzene rings is 1. The molecule has 0 bridgehead atoms. The second-order valence-corrected chi connectivity index (χ2v) is 7.02. The van der Waals surface area contributed by atoms with E-state index in [4.69, 9.17) is 23.2 Å². The number of aromatic nitrogens is 4. The third-order valence-electron chi connectivity index (χ3n) is 4.54. The molecular weight excluding hydrogens is 347 g/mol. The van der Waals surface area contributed by atoms with Gasteiger partial charge in [0.25, 0.3) is 5.56 Å². The van der Waals surface area contributed by atoms with Gasteiger partial charge in [0.1, 0.15) is 11.2 Å². The van der Waals surface area contributed by atoms with Gasteiger partial charge in [0.05, 0.1) is 22.3 Å². The predicted octanol–water partition coefficient (Wildman–Crippen LogP) is 4.13. The lowest BCUT2D eigenvalue weighted by molar-refractivity contribution is 0.478. The normalized spacial score (nSPS) is 15.4. The Bertz CT molecular complexity index is 957. The molecule has 124 valence electrons. The Morgan fingerprint density at radius 1 is 1.21 bits per heavy atom. The minimum Gasteiger partial charge on any atom is -0.310 e. The first-order valence-corrected chi connectivity index (χ1v) is 8.78. The van der Waals surface area contributed by atoms with E-state index in [-0.39, 0.29) is 5.56 Å². The minimum atomic E-state index is -0.153. The van der Waals surface area contributed by atoms with Gasteiger partial charge in [-0.1, -0.05) is 42.1 Å². The molecule has 0 radical (unpaired) electrons. The average molecular weight is 363 g/mol. The second kappa shape index (κ2) is 6.22. The summed E-state index contributed by atoms with van der Waals surface area (Å²) < 4.78 is 1.91. The average Bonchev–Trinajstić information content (AvgIpc) is 3.20. The maximum atomic E-state index is 12.3. The summed E-state index contributed by atoms with van der Waals surface area (Å²) in [5.74, 6) is 0.602. The maximum Gasteiger partial charge on any atom is 0.262 e. The summed E-state index contributed by atoms with van der Waals surface area (Å²) in [6.45, 7) is 0. The van der Waals surface area contributed by atoms with E-state index in [9.17, 15) is 4.79 Å². The van der Waals surface area contributed by atoms with Gasteiger partial charge in [-0.25, -0.2) is 9.67 Å². The molecule has 1 aliphatic carbocycles. The van der Waals surface area contributed by atoms with Crippen LogP contribution in [-0.2, 0) is 6.42 Å². The Labute approximate surface area is 148 Å². The first-order chi connectivity index (χ1) is 11.6. The Kier molecular flexibility index (Phi) is 4.06. The highest BCUT2D eigenvalue weighted by atomic mass is 35.5. The second-order valence-electron chi connectivity index (χ2n) is 6.20. The van der Waals surface area contributed by atoms with Crippen LogP contribution in [0.1, 0.15) is 43.1 Å². The number of hydrogen-bond donors (Lipinski definition) is 1. The fraction of sp³-hybridized carbons (Fsp3) is 0.353. The summed E-state index contributed by atoms with van der Waals surface area (Å²) in [5, 5.41) is 5.95. The van der Waals surface area contributed by atoms with Crippen molar-refractivity contribution in [2.75, 3.05) is 0 Å². The number of nitrogens with zero attached hydrogens (tertiary/aromatic N) is 3. The van der Waals surface area contributed by atoms with Crippen LogP contribution in [0.15, 0.2) is 29.2 Å². The first kappa shape index (κ1) is 15.7. The highest BCUT2D eigenvalue weighted by Crippen LogP contribution is 2.30. The SMILES string of the molecule is O=c1[nH]c(Cc2ccc(Cl)c(Cl)c2)nc2c1cnn2C1CCCC1. The number of H-pyrrole nitrogens is 1. The van der Waals surface area contributed by atoms with Crippen molar-refractivity contribution in [2.45, 2.75) is 38.1 Å². The maximum absolute atomic E-state index is 12.3. The van der Waals surface area contributed by atoms with Crippen molar-refractivity contribution in [1.29, 1.82) is 0 Å². The molecule has 0 spiro atoms.